The van der Waals surface area contributed by atoms with Crippen LogP contribution in [0.2, 0.25) is 0 Å². The van der Waals surface area contributed by atoms with Crippen LogP contribution < -0.4 is 5.73 Å². The van der Waals surface area contributed by atoms with E-state index in [1.807, 2.05) is 17.0 Å². The molecule has 1 spiro atoms. The summed E-state index contributed by atoms with van der Waals surface area (Å²) >= 11 is 0. The van der Waals surface area contributed by atoms with E-state index < -0.39 is 5.91 Å². The van der Waals surface area contributed by atoms with Crippen LogP contribution in [0.4, 0.5) is 0 Å². The molecule has 8 heteroatoms. The second-order valence-corrected chi connectivity index (χ2v) is 8.39. The van der Waals surface area contributed by atoms with Crippen molar-refractivity contribution >= 4 is 11.8 Å². The fourth-order valence-electron chi connectivity index (χ4n) is 4.27. The summed E-state index contributed by atoms with van der Waals surface area (Å²) < 4.78 is 5.57. The molecule has 29 heavy (non-hydrogen) atoms. The highest BCUT2D eigenvalue weighted by atomic mass is 16.5. The Hall–Kier alpha value is -2.77. The maximum Gasteiger partial charge on any atom is 0.249 e. The third kappa shape index (κ3) is 4.16. The predicted octanol–water partition coefficient (Wildman–Crippen LogP) is 2.87. The molecule has 1 aliphatic carbocycles. The van der Waals surface area contributed by atoms with Gasteiger partial charge in [0.05, 0.1) is 0 Å². The fourth-order valence-corrected chi connectivity index (χ4v) is 4.27. The normalized spacial score (nSPS) is 20.7. The highest BCUT2D eigenvalue weighted by molar-refractivity contribution is 5.85. The van der Waals surface area contributed by atoms with Crippen LogP contribution >= 0.6 is 0 Å². The van der Waals surface area contributed by atoms with Gasteiger partial charge in [0.1, 0.15) is 6.04 Å². The van der Waals surface area contributed by atoms with E-state index in [1.54, 1.807) is 12.4 Å². The summed E-state index contributed by atoms with van der Waals surface area (Å²) in [4.78, 5) is 35.4. The number of nitrogens with zero attached hydrogens (tertiary/aromatic N) is 4. The number of hydrogen-bond donors (Lipinski definition) is 1. The van der Waals surface area contributed by atoms with Gasteiger partial charge in [0.2, 0.25) is 23.5 Å². The molecular weight excluding hydrogens is 370 g/mol. The monoisotopic (exact) mass is 397 g/mol. The topological polar surface area (TPSA) is 115 Å². The van der Waals surface area contributed by atoms with Gasteiger partial charge >= 0.3 is 0 Å². The van der Waals surface area contributed by atoms with Gasteiger partial charge in [-0.25, -0.2) is 0 Å². The standard InChI is InChI=1S/C21H27N5O3/c1-2-3-5-14(10-17(22)27)20(28)26-13-21(7-8-21)11-16(26)19-24-18(25-29-19)15-6-4-9-23-12-15/h4,6,9,12,14,16H,2-3,5,7-8,10-11,13H2,1H3,(H2,22,27)/t14-,16+/m1/s1. The van der Waals surface area contributed by atoms with E-state index in [0.29, 0.717) is 24.7 Å². The van der Waals surface area contributed by atoms with Crippen LogP contribution in [0.3, 0.4) is 0 Å². The first kappa shape index (κ1) is 19.5. The smallest absolute Gasteiger partial charge is 0.249 e. The van der Waals surface area contributed by atoms with Crippen molar-refractivity contribution in [1.82, 2.24) is 20.0 Å². The zero-order valence-corrected chi connectivity index (χ0v) is 16.7. The van der Waals surface area contributed by atoms with Gasteiger partial charge < -0.3 is 15.2 Å². The summed E-state index contributed by atoms with van der Waals surface area (Å²) in [5.41, 5.74) is 6.35. The van der Waals surface area contributed by atoms with Crippen molar-refractivity contribution in [3.63, 3.8) is 0 Å². The zero-order valence-electron chi connectivity index (χ0n) is 16.7. The Morgan fingerprint density at radius 3 is 2.90 bits per heavy atom. The minimum Gasteiger partial charge on any atom is -0.370 e. The molecule has 2 aromatic heterocycles. The summed E-state index contributed by atoms with van der Waals surface area (Å²) in [6.45, 7) is 2.75. The molecule has 0 bridgehead atoms. The van der Waals surface area contributed by atoms with E-state index in [-0.39, 0.29) is 29.7 Å². The lowest BCUT2D eigenvalue weighted by Crippen LogP contribution is -2.38. The van der Waals surface area contributed by atoms with Crippen molar-refractivity contribution in [3.05, 3.63) is 30.4 Å². The average molecular weight is 397 g/mol. The van der Waals surface area contributed by atoms with Crippen LogP contribution in [0.25, 0.3) is 11.4 Å². The van der Waals surface area contributed by atoms with Gasteiger partial charge in [-0.1, -0.05) is 24.9 Å². The second-order valence-electron chi connectivity index (χ2n) is 8.39. The van der Waals surface area contributed by atoms with Crippen molar-refractivity contribution in [1.29, 1.82) is 0 Å². The Morgan fingerprint density at radius 2 is 2.24 bits per heavy atom. The number of rotatable bonds is 8. The molecule has 3 heterocycles. The first-order valence-electron chi connectivity index (χ1n) is 10.3. The number of pyridine rings is 1. The lowest BCUT2D eigenvalue weighted by molar-refractivity contribution is -0.139. The minimum absolute atomic E-state index is 0.0212. The SMILES string of the molecule is CCCC[C@H](CC(N)=O)C(=O)N1CC2(CC2)C[C@H]1c1nc(-c2cccnc2)no1. The molecule has 2 atom stereocenters. The number of amides is 2. The van der Waals surface area contributed by atoms with Gasteiger partial charge in [0, 0.05) is 36.8 Å². The quantitative estimate of drug-likeness (QED) is 0.732. The van der Waals surface area contributed by atoms with Crippen molar-refractivity contribution in [2.75, 3.05) is 6.54 Å². The Labute approximate surface area is 169 Å². The summed E-state index contributed by atoms with van der Waals surface area (Å²) in [7, 11) is 0. The first-order valence-corrected chi connectivity index (χ1v) is 10.3. The predicted molar refractivity (Wildman–Crippen MR) is 105 cm³/mol. The maximum atomic E-state index is 13.4. The Kier molecular flexibility index (Phi) is 5.34. The number of nitrogens with two attached hydrogens (primary N) is 1. The van der Waals surface area contributed by atoms with Crippen LogP contribution in [-0.4, -0.2) is 38.4 Å². The van der Waals surface area contributed by atoms with E-state index in [4.69, 9.17) is 10.3 Å². The summed E-state index contributed by atoms with van der Waals surface area (Å²) in [6, 6.07) is 3.44. The van der Waals surface area contributed by atoms with Crippen LogP contribution in [0.15, 0.2) is 29.0 Å². The van der Waals surface area contributed by atoms with Crippen molar-refractivity contribution in [2.45, 2.75) is 57.9 Å². The minimum atomic E-state index is -0.437. The van der Waals surface area contributed by atoms with E-state index in [1.165, 1.54) is 0 Å². The van der Waals surface area contributed by atoms with Gasteiger partial charge in [-0.15, -0.1) is 0 Å². The Morgan fingerprint density at radius 1 is 1.41 bits per heavy atom. The first-order chi connectivity index (χ1) is 14.0. The van der Waals surface area contributed by atoms with Crippen LogP contribution in [-0.2, 0) is 9.59 Å². The summed E-state index contributed by atoms with van der Waals surface area (Å²) in [5.74, 6) is 0.0796. The highest BCUT2D eigenvalue weighted by Gasteiger charge is 2.55. The number of carbonyl (C=O) groups excluding carboxylic acids is 2. The summed E-state index contributed by atoms with van der Waals surface area (Å²) in [6.07, 6.45) is 9.01. The molecular formula is C21H27N5O3. The molecule has 8 nitrogen and oxygen atoms in total. The number of carbonyl (C=O) groups is 2. The molecule has 1 saturated carbocycles. The molecule has 154 valence electrons. The molecule has 2 aromatic rings. The van der Waals surface area contributed by atoms with Gasteiger partial charge in [-0.3, -0.25) is 14.6 Å². The Bertz CT molecular complexity index is 877. The largest absolute Gasteiger partial charge is 0.370 e. The van der Waals surface area contributed by atoms with Crippen molar-refractivity contribution < 1.29 is 14.1 Å². The van der Waals surface area contributed by atoms with Crippen LogP contribution in [0, 0.1) is 11.3 Å². The molecule has 0 aromatic carbocycles. The van der Waals surface area contributed by atoms with Crippen molar-refractivity contribution in [3.8, 4) is 11.4 Å². The second kappa shape index (κ2) is 7.93. The van der Waals surface area contributed by atoms with E-state index in [0.717, 1.165) is 37.7 Å². The maximum absolute atomic E-state index is 13.4. The number of unbranched alkanes of at least 4 members (excludes halogenated alkanes) is 1. The van der Waals surface area contributed by atoms with Crippen LogP contribution in [0.5, 0.6) is 0 Å². The number of hydrogen-bond acceptors (Lipinski definition) is 6. The zero-order chi connectivity index (χ0) is 20.4. The molecule has 2 amide bonds. The summed E-state index contributed by atoms with van der Waals surface area (Å²) in [5, 5.41) is 4.10. The Balaban J connectivity index is 1.58. The third-order valence-electron chi connectivity index (χ3n) is 6.10. The average Bonchev–Trinajstić information content (AvgIpc) is 3.14. The van der Waals surface area contributed by atoms with E-state index >= 15 is 0 Å². The fraction of sp³-hybridized carbons (Fsp3) is 0.571. The molecule has 0 radical (unpaired) electrons. The number of likely N-dealkylation sites (tertiary alicyclic amines) is 1. The van der Waals surface area contributed by atoms with Gasteiger partial charge in [-0.2, -0.15) is 4.98 Å². The van der Waals surface area contributed by atoms with Gasteiger partial charge in [0.25, 0.3) is 0 Å². The number of aromatic nitrogens is 3. The lowest BCUT2D eigenvalue weighted by atomic mass is 9.96. The number of primary amides is 1. The lowest BCUT2D eigenvalue weighted by Gasteiger charge is -2.26. The van der Waals surface area contributed by atoms with E-state index in [9.17, 15) is 9.59 Å². The van der Waals surface area contributed by atoms with Gasteiger partial charge in [0.15, 0.2) is 0 Å². The molecule has 0 unspecified atom stereocenters. The molecule has 4 rings (SSSR count). The molecule has 1 aliphatic heterocycles. The van der Waals surface area contributed by atoms with Crippen molar-refractivity contribution in [2.24, 2.45) is 17.1 Å². The van der Waals surface area contributed by atoms with E-state index in [2.05, 4.69) is 22.0 Å². The molecule has 1 saturated heterocycles. The molecule has 2 fully saturated rings. The van der Waals surface area contributed by atoms with Gasteiger partial charge in [-0.05, 0) is 43.2 Å². The highest BCUT2D eigenvalue weighted by Crippen LogP contribution is 2.58. The third-order valence-corrected chi connectivity index (χ3v) is 6.10. The molecule has 2 aliphatic rings. The van der Waals surface area contributed by atoms with Crippen LogP contribution in [0.1, 0.15) is 63.8 Å². The molecule has 2 N–H and O–H groups in total.